The summed E-state index contributed by atoms with van der Waals surface area (Å²) < 4.78 is 0. The van der Waals surface area contributed by atoms with Gasteiger partial charge in [-0.1, -0.05) is 0 Å². The molecule has 2 heterocycles. The maximum absolute atomic E-state index is 2.30. The van der Waals surface area contributed by atoms with E-state index >= 15 is 0 Å². The second-order valence-corrected chi connectivity index (χ2v) is 13.4. The van der Waals surface area contributed by atoms with Gasteiger partial charge in [0.15, 0.2) is 0 Å². The molecule has 0 N–H and O–H groups in total. The van der Waals surface area contributed by atoms with Gasteiger partial charge in [0.25, 0.3) is 0 Å². The lowest BCUT2D eigenvalue weighted by atomic mass is 9.77. The Morgan fingerprint density at radius 3 is 1.35 bits per heavy atom. The average Bonchev–Trinajstić information content (AvgIpc) is 3.48. The third-order valence-electron chi connectivity index (χ3n) is 6.09. The van der Waals surface area contributed by atoms with E-state index in [1.54, 1.807) is 32.1 Å². The molecule has 0 radical (unpaired) electrons. The van der Waals surface area contributed by atoms with Crippen molar-refractivity contribution in [2.24, 2.45) is 11.8 Å². The van der Waals surface area contributed by atoms with Gasteiger partial charge in [-0.15, -0.1) is 0 Å². The zero-order chi connectivity index (χ0) is 15.5. The molecule has 2 atom stereocenters. The molecule has 2 saturated heterocycles. The molecule has 2 saturated carbocycles. The summed E-state index contributed by atoms with van der Waals surface area (Å²) in [5.41, 5.74) is 0. The Bertz CT molecular complexity index is 316. The summed E-state index contributed by atoms with van der Waals surface area (Å²) in [6.45, 7) is 0. The molecule has 2 aliphatic heterocycles. The van der Waals surface area contributed by atoms with Gasteiger partial charge < -0.3 is 0 Å². The lowest BCUT2D eigenvalue weighted by Gasteiger charge is -2.34. The fourth-order valence-electron chi connectivity index (χ4n) is 4.36. The standard InChI is InChI=1S/C19H32S4/c1-5-16(20-10-18-12-22-18)6-2-14(1)9-15-3-7-17(8-4-15)21-11-19-13-23-19/h14-19H,1-13H2. The van der Waals surface area contributed by atoms with Crippen LogP contribution in [-0.4, -0.2) is 44.0 Å². The van der Waals surface area contributed by atoms with Crippen molar-refractivity contribution in [3.05, 3.63) is 0 Å². The maximum Gasteiger partial charge on any atom is 0.0229 e. The van der Waals surface area contributed by atoms with Crippen LogP contribution in [-0.2, 0) is 0 Å². The molecule has 0 amide bonds. The van der Waals surface area contributed by atoms with E-state index in [0.29, 0.717) is 0 Å². The number of hydrogen-bond donors (Lipinski definition) is 0. The minimum atomic E-state index is 1.01. The van der Waals surface area contributed by atoms with Crippen LogP contribution in [0.1, 0.15) is 57.8 Å². The summed E-state index contributed by atoms with van der Waals surface area (Å²) in [4.78, 5) is 0. The molecule has 4 rings (SSSR count). The van der Waals surface area contributed by atoms with Gasteiger partial charge in [-0.2, -0.15) is 47.0 Å². The molecule has 2 aliphatic carbocycles. The number of rotatable bonds is 8. The van der Waals surface area contributed by atoms with Crippen molar-refractivity contribution < 1.29 is 0 Å². The maximum atomic E-state index is 2.30. The molecule has 4 heteroatoms. The van der Waals surface area contributed by atoms with Gasteiger partial charge in [0.05, 0.1) is 0 Å². The highest BCUT2D eigenvalue weighted by molar-refractivity contribution is 8.09. The molecular weight excluding hydrogens is 356 g/mol. The minimum Gasteiger partial charge on any atom is -0.157 e. The van der Waals surface area contributed by atoms with E-state index in [2.05, 4.69) is 47.0 Å². The molecule has 132 valence electrons. The first kappa shape index (κ1) is 17.8. The van der Waals surface area contributed by atoms with Crippen molar-refractivity contribution in [1.29, 1.82) is 0 Å². The Morgan fingerprint density at radius 2 is 1.00 bits per heavy atom. The number of thioether (sulfide) groups is 4. The summed E-state index contributed by atoms with van der Waals surface area (Å²) in [5, 5.41) is 4.09. The lowest BCUT2D eigenvalue weighted by molar-refractivity contribution is 0.249. The average molecular weight is 389 g/mol. The van der Waals surface area contributed by atoms with Crippen LogP contribution in [0.5, 0.6) is 0 Å². The second kappa shape index (κ2) is 8.86. The number of hydrogen-bond acceptors (Lipinski definition) is 4. The molecule has 0 aromatic rings. The summed E-state index contributed by atoms with van der Waals surface area (Å²) in [6.07, 6.45) is 13.9. The second-order valence-electron chi connectivity index (χ2n) is 8.10. The molecule has 4 aliphatic rings. The van der Waals surface area contributed by atoms with Crippen molar-refractivity contribution in [3.63, 3.8) is 0 Å². The van der Waals surface area contributed by atoms with E-state index in [-0.39, 0.29) is 0 Å². The Labute approximate surface area is 160 Å². The predicted molar refractivity (Wildman–Crippen MR) is 114 cm³/mol. The topological polar surface area (TPSA) is 0 Å². The summed E-state index contributed by atoms with van der Waals surface area (Å²) >= 11 is 8.94. The van der Waals surface area contributed by atoms with Gasteiger partial charge >= 0.3 is 0 Å². The largest absolute Gasteiger partial charge is 0.157 e. The van der Waals surface area contributed by atoms with Crippen molar-refractivity contribution in [2.45, 2.75) is 78.8 Å². The van der Waals surface area contributed by atoms with Crippen LogP contribution in [0.25, 0.3) is 0 Å². The summed E-state index contributed by atoms with van der Waals surface area (Å²) in [6, 6.07) is 0. The van der Waals surface area contributed by atoms with E-state index < -0.39 is 0 Å². The molecule has 0 bridgehead atoms. The van der Waals surface area contributed by atoms with Crippen LogP contribution in [0.4, 0.5) is 0 Å². The Hall–Kier alpha value is 1.40. The molecule has 23 heavy (non-hydrogen) atoms. The molecule has 0 spiro atoms. The van der Waals surface area contributed by atoms with Crippen molar-refractivity contribution in [1.82, 2.24) is 0 Å². The van der Waals surface area contributed by atoms with Gasteiger partial charge in [-0.25, -0.2) is 0 Å². The minimum absolute atomic E-state index is 1.01. The van der Waals surface area contributed by atoms with Gasteiger partial charge in [0.1, 0.15) is 0 Å². The van der Waals surface area contributed by atoms with E-state index in [4.69, 9.17) is 0 Å². The van der Waals surface area contributed by atoms with Crippen LogP contribution >= 0.6 is 47.0 Å². The van der Waals surface area contributed by atoms with Crippen molar-refractivity contribution in [2.75, 3.05) is 23.0 Å². The first-order valence-corrected chi connectivity index (χ1v) is 14.0. The third-order valence-corrected chi connectivity index (χ3v) is 11.5. The van der Waals surface area contributed by atoms with E-state index in [9.17, 15) is 0 Å². The van der Waals surface area contributed by atoms with E-state index in [1.807, 2.05) is 0 Å². The molecule has 0 aromatic heterocycles. The zero-order valence-electron chi connectivity index (χ0n) is 14.3. The fraction of sp³-hybridized carbons (Fsp3) is 1.00. The normalized spacial score (nSPS) is 43.3. The molecule has 2 unspecified atom stereocenters. The Morgan fingerprint density at radius 1 is 0.609 bits per heavy atom. The first-order valence-electron chi connectivity index (χ1n) is 9.81. The highest BCUT2D eigenvalue weighted by Gasteiger charge is 2.30. The Kier molecular flexibility index (Phi) is 6.86. The molecule has 4 fully saturated rings. The monoisotopic (exact) mass is 388 g/mol. The van der Waals surface area contributed by atoms with Crippen LogP contribution in [0.15, 0.2) is 0 Å². The van der Waals surface area contributed by atoms with Crippen LogP contribution in [0, 0.1) is 11.8 Å². The third kappa shape index (κ3) is 6.25. The van der Waals surface area contributed by atoms with Crippen LogP contribution in [0.3, 0.4) is 0 Å². The van der Waals surface area contributed by atoms with Gasteiger partial charge in [-0.05, 0) is 69.6 Å². The van der Waals surface area contributed by atoms with Gasteiger partial charge in [0, 0.05) is 44.0 Å². The smallest absolute Gasteiger partial charge is 0.0229 e. The highest BCUT2D eigenvalue weighted by atomic mass is 32.2. The van der Waals surface area contributed by atoms with Gasteiger partial charge in [0.2, 0.25) is 0 Å². The fourth-order valence-corrected chi connectivity index (χ4v) is 8.82. The van der Waals surface area contributed by atoms with E-state index in [0.717, 1.165) is 32.8 Å². The van der Waals surface area contributed by atoms with Crippen LogP contribution in [0.2, 0.25) is 0 Å². The predicted octanol–water partition coefficient (Wildman–Crippen LogP) is 6.19. The summed E-state index contributed by atoms with van der Waals surface area (Å²) in [5.74, 6) is 7.95. The SMILES string of the molecule is C1CC(SCC2CS2)CCC1CC1CCC(SCC2CS2)CC1. The van der Waals surface area contributed by atoms with Gasteiger partial charge in [-0.3, -0.25) is 0 Å². The Balaban J connectivity index is 1.08. The first-order chi connectivity index (χ1) is 11.3. The highest BCUT2D eigenvalue weighted by Crippen LogP contribution is 2.42. The van der Waals surface area contributed by atoms with Crippen molar-refractivity contribution in [3.8, 4) is 0 Å². The zero-order valence-corrected chi connectivity index (χ0v) is 17.6. The summed E-state index contributed by atoms with van der Waals surface area (Å²) in [7, 11) is 0. The quantitative estimate of drug-likeness (QED) is 0.454. The van der Waals surface area contributed by atoms with Crippen molar-refractivity contribution >= 4 is 47.0 Å². The van der Waals surface area contributed by atoms with E-state index in [1.165, 1.54) is 48.7 Å². The molecule has 0 nitrogen and oxygen atoms in total. The van der Waals surface area contributed by atoms with Crippen LogP contribution < -0.4 is 0 Å². The molecule has 0 aromatic carbocycles. The molecular formula is C19H32S4. The lowest BCUT2D eigenvalue weighted by Crippen LogP contribution is -2.23.